The van der Waals surface area contributed by atoms with Crippen LogP contribution in [0.25, 0.3) is 22.4 Å². The molecule has 0 saturated heterocycles. The quantitative estimate of drug-likeness (QED) is 0.353. The van der Waals surface area contributed by atoms with Crippen molar-refractivity contribution in [3.8, 4) is 11.5 Å². The first-order chi connectivity index (χ1) is 13.0. The Morgan fingerprint density at radius 1 is 1.15 bits per heavy atom. The number of para-hydroxylation sites is 1. The van der Waals surface area contributed by atoms with Crippen molar-refractivity contribution in [1.82, 2.24) is 15.2 Å². The van der Waals surface area contributed by atoms with E-state index in [-0.39, 0.29) is 11.0 Å². The minimum Gasteiger partial charge on any atom is -0.411 e. The molecule has 2 heterocycles. The molecule has 4 rings (SSSR count). The summed E-state index contributed by atoms with van der Waals surface area (Å²) in [6.07, 6.45) is 0. The van der Waals surface area contributed by atoms with Crippen molar-refractivity contribution < 1.29 is 9.21 Å². The topological polar surface area (TPSA) is 71.8 Å². The fraction of sp³-hybridized carbons (Fsp3) is 0.150. The number of thioether (sulfide) groups is 1. The average molecular weight is 398 g/mol. The minimum absolute atomic E-state index is 0.0289. The van der Waals surface area contributed by atoms with Gasteiger partial charge in [-0.1, -0.05) is 41.6 Å². The number of nitrogens with one attached hydrogen (secondary N) is 1. The molecule has 1 unspecified atom stereocenters. The van der Waals surface area contributed by atoms with E-state index in [0.717, 1.165) is 22.2 Å². The van der Waals surface area contributed by atoms with E-state index in [1.54, 1.807) is 12.1 Å². The molecule has 1 atom stereocenters. The lowest BCUT2D eigenvalue weighted by Crippen LogP contribution is -2.14. The molecule has 7 heteroatoms. The van der Waals surface area contributed by atoms with Crippen LogP contribution in [0, 0.1) is 6.92 Å². The third kappa shape index (κ3) is 3.50. The van der Waals surface area contributed by atoms with Gasteiger partial charge in [-0.3, -0.25) is 4.79 Å². The van der Waals surface area contributed by atoms with Gasteiger partial charge in [0.15, 0.2) is 5.78 Å². The Labute approximate surface area is 165 Å². The molecular formula is C20H16ClN3O2S. The SMILES string of the molecule is Cc1[nH]c2ccccc2c1C(=O)C(C)Sc1nnc(-c2ccc(Cl)cc2)o1. The summed E-state index contributed by atoms with van der Waals surface area (Å²) in [5, 5.41) is 9.69. The molecule has 136 valence electrons. The summed E-state index contributed by atoms with van der Waals surface area (Å²) in [6.45, 7) is 3.76. The number of Topliss-reactive ketones (excluding diaryl/α,β-unsaturated/α-hetero) is 1. The van der Waals surface area contributed by atoms with Gasteiger partial charge in [-0.25, -0.2) is 0 Å². The molecule has 0 aliphatic heterocycles. The monoisotopic (exact) mass is 397 g/mol. The standard InChI is InChI=1S/C20H16ClN3O2S/c1-11-17(15-5-3-4-6-16(15)22-11)18(25)12(2)27-20-24-23-19(26-20)13-7-9-14(21)10-8-13/h3-10,12,22H,1-2H3. The van der Waals surface area contributed by atoms with Gasteiger partial charge in [0.05, 0.1) is 5.25 Å². The average Bonchev–Trinajstić information content (AvgIpc) is 3.25. The molecule has 5 nitrogen and oxygen atoms in total. The highest BCUT2D eigenvalue weighted by molar-refractivity contribution is 8.00. The van der Waals surface area contributed by atoms with E-state index in [4.69, 9.17) is 16.0 Å². The molecule has 2 aromatic carbocycles. The summed E-state index contributed by atoms with van der Waals surface area (Å²) >= 11 is 7.16. The van der Waals surface area contributed by atoms with Gasteiger partial charge in [0.1, 0.15) is 0 Å². The maximum Gasteiger partial charge on any atom is 0.277 e. The minimum atomic E-state index is -0.360. The van der Waals surface area contributed by atoms with Crippen LogP contribution in [0.4, 0.5) is 0 Å². The third-order valence-corrected chi connectivity index (χ3v) is 5.47. The second-order valence-electron chi connectivity index (χ2n) is 6.17. The van der Waals surface area contributed by atoms with Crippen LogP contribution >= 0.6 is 23.4 Å². The number of carbonyl (C=O) groups is 1. The number of carbonyl (C=O) groups excluding carboxylic acids is 1. The van der Waals surface area contributed by atoms with Gasteiger partial charge < -0.3 is 9.40 Å². The Balaban J connectivity index is 1.55. The number of aromatic nitrogens is 3. The summed E-state index contributed by atoms with van der Waals surface area (Å²) in [5.74, 6) is 0.429. The summed E-state index contributed by atoms with van der Waals surface area (Å²) in [6, 6.07) is 15.0. The van der Waals surface area contributed by atoms with E-state index in [1.165, 1.54) is 11.8 Å². The van der Waals surface area contributed by atoms with Crippen LogP contribution in [0.3, 0.4) is 0 Å². The van der Waals surface area contributed by atoms with Crippen molar-refractivity contribution in [1.29, 1.82) is 0 Å². The highest BCUT2D eigenvalue weighted by Gasteiger charge is 2.24. The number of hydrogen-bond acceptors (Lipinski definition) is 5. The summed E-state index contributed by atoms with van der Waals surface area (Å²) in [4.78, 5) is 16.3. The number of nitrogens with zero attached hydrogens (tertiary/aromatic N) is 2. The lowest BCUT2D eigenvalue weighted by molar-refractivity contribution is 0.0994. The molecule has 0 radical (unpaired) electrons. The van der Waals surface area contributed by atoms with Crippen molar-refractivity contribution in [3.05, 3.63) is 64.8 Å². The van der Waals surface area contributed by atoms with Crippen molar-refractivity contribution in [2.24, 2.45) is 0 Å². The largest absolute Gasteiger partial charge is 0.411 e. The van der Waals surface area contributed by atoms with Gasteiger partial charge in [0, 0.05) is 32.7 Å². The number of aryl methyl sites for hydroxylation is 1. The lowest BCUT2D eigenvalue weighted by atomic mass is 10.1. The number of halogens is 1. The number of benzene rings is 2. The molecule has 27 heavy (non-hydrogen) atoms. The van der Waals surface area contributed by atoms with Gasteiger partial charge in [-0.15, -0.1) is 10.2 Å². The Hall–Kier alpha value is -2.57. The van der Waals surface area contributed by atoms with Crippen LogP contribution in [-0.2, 0) is 0 Å². The first-order valence-corrected chi connectivity index (χ1v) is 9.66. The summed E-state index contributed by atoms with van der Waals surface area (Å²) < 4.78 is 5.70. The second-order valence-corrected chi connectivity index (χ2v) is 7.90. The number of fused-ring (bicyclic) bond motifs is 1. The third-order valence-electron chi connectivity index (χ3n) is 4.28. The predicted molar refractivity (Wildman–Crippen MR) is 107 cm³/mol. The Morgan fingerprint density at radius 2 is 1.89 bits per heavy atom. The smallest absolute Gasteiger partial charge is 0.277 e. The number of rotatable bonds is 5. The molecule has 0 fully saturated rings. The maximum absolute atomic E-state index is 13.0. The van der Waals surface area contributed by atoms with Gasteiger partial charge in [0.2, 0.25) is 5.89 Å². The Kier molecular flexibility index (Phi) is 4.76. The molecule has 0 saturated carbocycles. The van der Waals surface area contributed by atoms with E-state index in [9.17, 15) is 4.79 Å². The number of H-pyrrole nitrogens is 1. The van der Waals surface area contributed by atoms with Crippen LogP contribution in [0.5, 0.6) is 0 Å². The molecule has 2 aromatic heterocycles. The normalized spacial score (nSPS) is 12.4. The first-order valence-electron chi connectivity index (χ1n) is 8.40. The fourth-order valence-corrected chi connectivity index (χ4v) is 3.84. The number of hydrogen-bond donors (Lipinski definition) is 1. The van der Waals surface area contributed by atoms with Crippen molar-refractivity contribution in [3.63, 3.8) is 0 Å². The molecule has 0 aliphatic carbocycles. The Morgan fingerprint density at radius 3 is 2.67 bits per heavy atom. The van der Waals surface area contributed by atoms with Crippen LogP contribution in [0.15, 0.2) is 58.2 Å². The van der Waals surface area contributed by atoms with Gasteiger partial charge in [-0.05, 0) is 44.2 Å². The second kappa shape index (κ2) is 7.21. The number of aromatic amines is 1. The highest BCUT2D eigenvalue weighted by Crippen LogP contribution is 2.31. The van der Waals surface area contributed by atoms with Crippen LogP contribution in [0.2, 0.25) is 5.02 Å². The maximum atomic E-state index is 13.0. The lowest BCUT2D eigenvalue weighted by Gasteiger charge is -2.07. The molecule has 1 N–H and O–H groups in total. The predicted octanol–water partition coefficient (Wildman–Crippen LogP) is 5.54. The van der Waals surface area contributed by atoms with E-state index >= 15 is 0 Å². The number of ketones is 1. The molecule has 4 aromatic rings. The van der Waals surface area contributed by atoms with E-state index in [0.29, 0.717) is 21.7 Å². The van der Waals surface area contributed by atoms with E-state index in [1.807, 2.05) is 50.2 Å². The zero-order chi connectivity index (χ0) is 19.0. The molecule has 0 aliphatic rings. The Bertz CT molecular complexity index is 1120. The van der Waals surface area contributed by atoms with Gasteiger partial charge in [0.25, 0.3) is 5.22 Å². The molecule has 0 amide bonds. The zero-order valence-corrected chi connectivity index (χ0v) is 16.3. The van der Waals surface area contributed by atoms with Gasteiger partial charge >= 0.3 is 0 Å². The van der Waals surface area contributed by atoms with Gasteiger partial charge in [-0.2, -0.15) is 0 Å². The molecular weight excluding hydrogens is 382 g/mol. The zero-order valence-electron chi connectivity index (χ0n) is 14.7. The van der Waals surface area contributed by atoms with E-state index in [2.05, 4.69) is 15.2 Å². The molecule has 0 spiro atoms. The van der Waals surface area contributed by atoms with Crippen LogP contribution in [0.1, 0.15) is 23.0 Å². The summed E-state index contributed by atoms with van der Waals surface area (Å²) in [5.41, 5.74) is 3.31. The van der Waals surface area contributed by atoms with Crippen molar-refractivity contribution >= 4 is 40.0 Å². The highest BCUT2D eigenvalue weighted by atomic mass is 35.5. The first kappa shape index (κ1) is 17.8. The van der Waals surface area contributed by atoms with Crippen LogP contribution < -0.4 is 0 Å². The summed E-state index contributed by atoms with van der Waals surface area (Å²) in [7, 11) is 0. The van der Waals surface area contributed by atoms with Crippen molar-refractivity contribution in [2.45, 2.75) is 24.3 Å². The van der Waals surface area contributed by atoms with Crippen molar-refractivity contribution in [2.75, 3.05) is 0 Å². The molecule has 0 bridgehead atoms. The van der Waals surface area contributed by atoms with E-state index < -0.39 is 0 Å². The van der Waals surface area contributed by atoms with Crippen LogP contribution in [-0.4, -0.2) is 26.2 Å². The fourth-order valence-electron chi connectivity index (χ4n) is 2.97.